The van der Waals surface area contributed by atoms with E-state index in [0.717, 1.165) is 18.8 Å². The van der Waals surface area contributed by atoms with E-state index < -0.39 is 23.2 Å². The molecule has 24 heavy (non-hydrogen) atoms. The lowest BCUT2D eigenvalue weighted by molar-refractivity contribution is 0.126. The second-order valence-corrected chi connectivity index (χ2v) is 6.98. The predicted octanol–water partition coefficient (Wildman–Crippen LogP) is 2.68. The number of quaternary nitrogens is 1. The second kappa shape index (κ2) is 6.24. The molecule has 130 valence electrons. The van der Waals surface area contributed by atoms with Gasteiger partial charge in [0.25, 0.3) is 0 Å². The largest absolute Gasteiger partial charge is 0.549 e. The molecule has 1 aromatic rings. The molecule has 1 unspecified atom stereocenters. The van der Waals surface area contributed by atoms with Crippen LogP contribution in [-0.4, -0.2) is 47.0 Å². The molecule has 3 N–H and O–H groups in total. The zero-order chi connectivity index (χ0) is 18.3. The van der Waals surface area contributed by atoms with E-state index in [1.165, 1.54) is 0 Å². The van der Waals surface area contributed by atoms with Crippen LogP contribution in [-0.2, 0) is 0 Å². The number of carbonyl (C=O) groups is 1. The summed E-state index contributed by atoms with van der Waals surface area (Å²) in [6.45, 7) is 11.1. The fourth-order valence-electron chi connectivity index (χ4n) is 3.64. The van der Waals surface area contributed by atoms with Gasteiger partial charge in [0, 0.05) is 36.5 Å². The SMILES string of the molecule is CCN(CC)c1ccc2c(c1)C=C(B(O)O)[N+]2(C(=O)O)C(C)(C)C. The Morgan fingerprint density at radius 2 is 1.79 bits per heavy atom. The van der Waals surface area contributed by atoms with Crippen LogP contribution in [0.3, 0.4) is 0 Å². The topological polar surface area (TPSA) is 81.0 Å². The maximum atomic E-state index is 12.3. The Kier molecular flexibility index (Phi) is 4.81. The zero-order valence-electron chi connectivity index (χ0n) is 14.9. The molecule has 7 heteroatoms. The smallest absolute Gasteiger partial charge is 0.435 e. The number of hydrogen-bond donors (Lipinski definition) is 3. The summed E-state index contributed by atoms with van der Waals surface area (Å²) in [7, 11) is -1.84. The number of carboxylic acid groups (broad SMARTS) is 1. The summed E-state index contributed by atoms with van der Waals surface area (Å²) < 4.78 is -0.613. The molecule has 0 bridgehead atoms. The number of amides is 1. The molecule has 0 spiro atoms. The number of hydrogen-bond acceptors (Lipinski definition) is 4. The van der Waals surface area contributed by atoms with Gasteiger partial charge in [0.2, 0.25) is 0 Å². The zero-order valence-corrected chi connectivity index (χ0v) is 14.9. The van der Waals surface area contributed by atoms with Gasteiger partial charge in [0.05, 0.1) is 0 Å². The van der Waals surface area contributed by atoms with Gasteiger partial charge >= 0.3 is 13.2 Å². The second-order valence-electron chi connectivity index (χ2n) is 6.98. The van der Waals surface area contributed by atoms with Crippen LogP contribution in [0.5, 0.6) is 0 Å². The van der Waals surface area contributed by atoms with Crippen molar-refractivity contribution < 1.29 is 19.9 Å². The van der Waals surface area contributed by atoms with Gasteiger partial charge in [-0.25, -0.2) is 0 Å². The summed E-state index contributed by atoms with van der Waals surface area (Å²) in [4.78, 5) is 14.4. The summed E-state index contributed by atoms with van der Waals surface area (Å²) in [6.07, 6.45) is 0.461. The fraction of sp³-hybridized carbons (Fsp3) is 0.471. The van der Waals surface area contributed by atoms with Gasteiger partial charge in [-0.1, -0.05) is 0 Å². The molecule has 1 atom stereocenters. The Hall–Kier alpha value is -1.83. The van der Waals surface area contributed by atoms with Crippen LogP contribution in [0.25, 0.3) is 6.08 Å². The van der Waals surface area contributed by atoms with E-state index in [-0.39, 0.29) is 5.60 Å². The van der Waals surface area contributed by atoms with Crippen LogP contribution < -0.4 is 9.38 Å². The molecule has 0 fully saturated rings. The van der Waals surface area contributed by atoms with Gasteiger partial charge in [0.1, 0.15) is 5.54 Å². The Bertz CT molecular complexity index is 678. The van der Waals surface area contributed by atoms with Crippen LogP contribution in [0.4, 0.5) is 16.2 Å². The molecule has 6 nitrogen and oxygen atoms in total. The van der Waals surface area contributed by atoms with Crippen LogP contribution in [0, 0.1) is 0 Å². The van der Waals surface area contributed by atoms with E-state index in [1.807, 2.05) is 12.1 Å². The molecule has 0 saturated carbocycles. The van der Waals surface area contributed by atoms with Crippen molar-refractivity contribution in [2.45, 2.75) is 40.2 Å². The first kappa shape index (κ1) is 18.5. The van der Waals surface area contributed by atoms with Gasteiger partial charge < -0.3 is 20.1 Å². The number of nitrogens with zero attached hydrogens (tertiary/aromatic N) is 2. The first-order chi connectivity index (χ1) is 11.1. The van der Waals surface area contributed by atoms with Crippen molar-refractivity contribution in [1.29, 1.82) is 0 Å². The Morgan fingerprint density at radius 1 is 1.21 bits per heavy atom. The molecule has 0 radical (unpaired) electrons. The molecule has 0 saturated heterocycles. The van der Waals surface area contributed by atoms with Gasteiger partial charge in [-0.05, 0) is 46.8 Å². The highest BCUT2D eigenvalue weighted by Gasteiger charge is 2.60. The maximum absolute atomic E-state index is 12.3. The van der Waals surface area contributed by atoms with Crippen LogP contribution in [0.2, 0.25) is 0 Å². The van der Waals surface area contributed by atoms with Gasteiger partial charge in [-0.3, -0.25) is 0 Å². The lowest BCUT2D eigenvalue weighted by Gasteiger charge is -2.41. The van der Waals surface area contributed by atoms with E-state index in [0.29, 0.717) is 11.3 Å². The summed E-state index contributed by atoms with van der Waals surface area (Å²) in [5, 5.41) is 29.7. The van der Waals surface area contributed by atoms with Crippen molar-refractivity contribution in [3.63, 3.8) is 0 Å². The first-order valence-electron chi connectivity index (χ1n) is 8.21. The van der Waals surface area contributed by atoms with E-state index >= 15 is 0 Å². The normalized spacial score (nSPS) is 19.7. The number of benzene rings is 1. The molecule has 1 amide bonds. The van der Waals surface area contributed by atoms with Gasteiger partial charge in [-0.15, -0.1) is 0 Å². The Balaban J connectivity index is 2.74. The van der Waals surface area contributed by atoms with Crippen molar-refractivity contribution >= 4 is 30.7 Å². The monoisotopic (exact) mass is 333 g/mol. The minimum atomic E-state index is -1.84. The standard InChI is InChI=1S/C17H25BN2O4/c1-6-19(7-2)13-8-9-14-12(10-13)11-15(18(23)24)20(14,16(21)22)17(3,4)5/h8-11,23-24H,6-7H2,1-5H3/p+1. The molecular weight excluding hydrogens is 307 g/mol. The van der Waals surface area contributed by atoms with Crippen LogP contribution in [0.1, 0.15) is 40.2 Å². The Labute approximate surface area is 143 Å². The van der Waals surface area contributed by atoms with Gasteiger partial charge in [0.15, 0.2) is 11.3 Å². The Morgan fingerprint density at radius 3 is 2.21 bits per heavy atom. The quantitative estimate of drug-likeness (QED) is 0.583. The maximum Gasteiger partial charge on any atom is 0.549 e. The first-order valence-corrected chi connectivity index (χ1v) is 8.21. The molecule has 0 aromatic heterocycles. The molecule has 1 aliphatic heterocycles. The number of fused-ring (bicyclic) bond motifs is 1. The van der Waals surface area contributed by atoms with Crippen molar-refractivity contribution in [1.82, 2.24) is 4.48 Å². The molecule has 0 aliphatic carbocycles. The molecular formula is C17H26BN2O4+. The third-order valence-corrected chi connectivity index (χ3v) is 4.75. The van der Waals surface area contributed by atoms with Crippen LogP contribution in [0.15, 0.2) is 23.8 Å². The third-order valence-electron chi connectivity index (χ3n) is 4.75. The summed E-state index contributed by atoms with van der Waals surface area (Å²) >= 11 is 0. The lowest BCUT2D eigenvalue weighted by atomic mass is 9.81. The lowest BCUT2D eigenvalue weighted by Crippen LogP contribution is -2.65. The molecule has 1 aliphatic rings. The van der Waals surface area contributed by atoms with Crippen LogP contribution >= 0.6 is 0 Å². The highest BCUT2D eigenvalue weighted by atomic mass is 16.4. The van der Waals surface area contributed by atoms with E-state index in [2.05, 4.69) is 18.7 Å². The minimum absolute atomic E-state index is 0.0571. The number of anilines is 1. The highest BCUT2D eigenvalue weighted by molar-refractivity contribution is 6.53. The predicted molar refractivity (Wildman–Crippen MR) is 97.7 cm³/mol. The average molecular weight is 333 g/mol. The fourth-order valence-corrected chi connectivity index (χ4v) is 3.64. The summed E-state index contributed by atoms with van der Waals surface area (Å²) in [6, 6.07) is 5.60. The van der Waals surface area contributed by atoms with Crippen molar-refractivity contribution in [3.05, 3.63) is 29.4 Å². The average Bonchev–Trinajstić information content (AvgIpc) is 2.83. The van der Waals surface area contributed by atoms with Crippen molar-refractivity contribution in [2.24, 2.45) is 0 Å². The van der Waals surface area contributed by atoms with E-state index in [4.69, 9.17) is 0 Å². The molecule has 1 heterocycles. The molecule has 2 rings (SSSR count). The van der Waals surface area contributed by atoms with E-state index in [1.54, 1.807) is 32.9 Å². The minimum Gasteiger partial charge on any atom is -0.435 e. The summed E-state index contributed by atoms with van der Waals surface area (Å²) in [5.74, 6) is 0. The van der Waals surface area contributed by atoms with Gasteiger partial charge in [-0.2, -0.15) is 9.28 Å². The highest BCUT2D eigenvalue weighted by Crippen LogP contribution is 2.48. The molecule has 1 aromatic carbocycles. The van der Waals surface area contributed by atoms with Crippen molar-refractivity contribution in [3.8, 4) is 0 Å². The van der Waals surface area contributed by atoms with Crippen molar-refractivity contribution in [2.75, 3.05) is 18.0 Å². The third kappa shape index (κ3) is 2.53. The summed E-state index contributed by atoms with van der Waals surface area (Å²) in [5.41, 5.74) is 1.51. The number of rotatable bonds is 4. The van der Waals surface area contributed by atoms with E-state index in [9.17, 15) is 19.9 Å².